The monoisotopic (exact) mass is 595 g/mol. The first kappa shape index (κ1) is 28.7. The van der Waals surface area contributed by atoms with Gasteiger partial charge in [0.15, 0.2) is 0 Å². The van der Waals surface area contributed by atoms with Gasteiger partial charge in [0.25, 0.3) is 11.5 Å². The van der Waals surface area contributed by atoms with E-state index in [1.807, 2.05) is 19.1 Å². The largest absolute Gasteiger partial charge is 0.481 e. The second-order valence-electron chi connectivity index (χ2n) is 10.1. The number of carboxylic acids is 1. The average molecular weight is 596 g/mol. The number of rotatable bonds is 9. The van der Waals surface area contributed by atoms with Crippen LogP contribution in [0, 0.1) is 12.7 Å². The van der Waals surface area contributed by atoms with Gasteiger partial charge in [-0.2, -0.15) is 0 Å². The highest BCUT2D eigenvalue weighted by Crippen LogP contribution is 2.34. The third kappa shape index (κ3) is 6.43. The molecular weight excluding hydrogens is 565 g/mol. The van der Waals surface area contributed by atoms with Gasteiger partial charge in [0.2, 0.25) is 0 Å². The molecule has 0 saturated carbocycles. The highest BCUT2D eigenvalue weighted by Gasteiger charge is 2.33. The van der Waals surface area contributed by atoms with Gasteiger partial charge in [0.1, 0.15) is 21.6 Å². The molecule has 2 fully saturated rings. The number of hydrogen-bond donors (Lipinski definition) is 1. The number of aliphatic carboxylic acids is 1. The number of pyridine rings is 1. The third-order valence-electron chi connectivity index (χ3n) is 7.18. The summed E-state index contributed by atoms with van der Waals surface area (Å²) < 4.78 is 15.3. The number of benzene rings is 1. The minimum atomic E-state index is -0.836. The molecule has 4 heterocycles. The molecule has 12 heteroatoms. The van der Waals surface area contributed by atoms with Gasteiger partial charge in [-0.25, -0.2) is 9.37 Å². The highest BCUT2D eigenvalue weighted by atomic mass is 32.2. The van der Waals surface area contributed by atoms with Crippen LogP contribution in [-0.2, 0) is 9.59 Å². The number of aryl methyl sites for hydroxylation is 1. The predicted molar refractivity (Wildman–Crippen MR) is 163 cm³/mol. The summed E-state index contributed by atoms with van der Waals surface area (Å²) in [7, 11) is 0. The van der Waals surface area contributed by atoms with E-state index >= 15 is 0 Å². The molecule has 5 rings (SSSR count). The van der Waals surface area contributed by atoms with Gasteiger partial charge < -0.3 is 14.9 Å². The zero-order valence-corrected chi connectivity index (χ0v) is 24.2. The fourth-order valence-electron chi connectivity index (χ4n) is 4.99. The van der Waals surface area contributed by atoms with Crippen LogP contribution in [0.25, 0.3) is 11.7 Å². The number of halogens is 1. The molecule has 2 saturated heterocycles. The maximum Gasteiger partial charge on any atom is 0.303 e. The molecule has 2 aliphatic rings. The van der Waals surface area contributed by atoms with E-state index in [4.69, 9.17) is 22.3 Å². The molecule has 0 atom stereocenters. The molecule has 41 heavy (non-hydrogen) atoms. The van der Waals surface area contributed by atoms with E-state index in [-0.39, 0.29) is 23.7 Å². The van der Waals surface area contributed by atoms with Crippen molar-refractivity contribution >= 4 is 63.4 Å². The van der Waals surface area contributed by atoms with Crippen molar-refractivity contribution in [3.63, 3.8) is 0 Å². The summed E-state index contributed by atoms with van der Waals surface area (Å²) in [4.78, 5) is 48.8. The van der Waals surface area contributed by atoms with Crippen LogP contribution in [0.2, 0.25) is 0 Å². The molecular formula is C29H30FN5O4S2. The fraction of sp³-hybridized carbons (Fsp3) is 0.345. The van der Waals surface area contributed by atoms with E-state index in [1.165, 1.54) is 21.4 Å². The molecule has 3 aromatic rings. The van der Waals surface area contributed by atoms with E-state index in [2.05, 4.69) is 9.80 Å². The van der Waals surface area contributed by atoms with Gasteiger partial charge >= 0.3 is 5.97 Å². The molecule has 9 nitrogen and oxygen atoms in total. The van der Waals surface area contributed by atoms with Crippen LogP contribution >= 0.6 is 24.0 Å². The van der Waals surface area contributed by atoms with Crippen LogP contribution in [0.3, 0.4) is 0 Å². The summed E-state index contributed by atoms with van der Waals surface area (Å²) in [6, 6.07) is 10.1. The van der Waals surface area contributed by atoms with E-state index in [0.29, 0.717) is 78.2 Å². The average Bonchev–Trinajstić information content (AvgIpc) is 3.22. The lowest BCUT2D eigenvalue weighted by molar-refractivity contribution is -0.137. The predicted octanol–water partition coefficient (Wildman–Crippen LogP) is 4.31. The Morgan fingerprint density at radius 3 is 2.46 bits per heavy atom. The summed E-state index contributed by atoms with van der Waals surface area (Å²) in [6.07, 6.45) is 5.28. The maximum absolute atomic E-state index is 13.8. The zero-order chi connectivity index (χ0) is 29.1. The van der Waals surface area contributed by atoms with Crippen molar-refractivity contribution < 1.29 is 19.1 Å². The minimum Gasteiger partial charge on any atom is -0.481 e. The van der Waals surface area contributed by atoms with Crippen molar-refractivity contribution in [2.45, 2.75) is 32.6 Å². The lowest BCUT2D eigenvalue weighted by atomic mass is 10.2. The number of carboxylic acid groups (broad SMARTS) is 1. The van der Waals surface area contributed by atoms with Crippen molar-refractivity contribution in [1.29, 1.82) is 0 Å². The maximum atomic E-state index is 13.8. The number of hydrogen-bond acceptors (Lipinski definition) is 8. The van der Waals surface area contributed by atoms with E-state index < -0.39 is 5.97 Å². The number of fused-ring (bicyclic) bond motifs is 1. The van der Waals surface area contributed by atoms with E-state index in [9.17, 15) is 18.8 Å². The van der Waals surface area contributed by atoms with Crippen LogP contribution in [0.15, 0.2) is 52.3 Å². The summed E-state index contributed by atoms with van der Waals surface area (Å²) in [5.41, 5.74) is 2.41. The Balaban J connectivity index is 1.41. The molecule has 1 amide bonds. The van der Waals surface area contributed by atoms with Crippen molar-refractivity contribution in [3.05, 3.63) is 74.8 Å². The lowest BCUT2D eigenvalue weighted by Gasteiger charge is -2.37. The second kappa shape index (κ2) is 12.4. The summed E-state index contributed by atoms with van der Waals surface area (Å²) in [5, 5.41) is 8.83. The first-order valence-corrected chi connectivity index (χ1v) is 14.7. The Bertz CT molecular complexity index is 1580. The van der Waals surface area contributed by atoms with Crippen LogP contribution in [0.5, 0.6) is 0 Å². The number of unbranched alkanes of at least 4 members (excludes halogenated alkanes) is 2. The molecule has 0 radical (unpaired) electrons. The second-order valence-corrected chi connectivity index (χ2v) is 11.8. The van der Waals surface area contributed by atoms with Crippen molar-refractivity contribution in [3.8, 4) is 0 Å². The topological polar surface area (TPSA) is 98.5 Å². The normalized spacial score (nSPS) is 16.8. The zero-order valence-electron chi connectivity index (χ0n) is 22.6. The third-order valence-corrected chi connectivity index (χ3v) is 8.56. The molecule has 0 aliphatic carbocycles. The van der Waals surface area contributed by atoms with Crippen LogP contribution in [0.4, 0.5) is 15.9 Å². The summed E-state index contributed by atoms with van der Waals surface area (Å²) >= 11 is 6.64. The van der Waals surface area contributed by atoms with Crippen LogP contribution < -0.4 is 15.4 Å². The molecule has 2 aromatic heterocycles. The standard InChI is InChI=1S/C29H30FN5O4S2/c1-19-6-11-24-31-26(33-15-13-32(14-16-33)21-9-7-20(30)8-10-21)22(27(38)35(24)18-19)17-23-28(39)34(29(40)41-23)12-4-2-3-5-25(36)37/h6-11,17-18H,2-5,12-16H2,1H3,(H,36,37). The number of thiocarbonyl (C=S) groups is 1. The minimum absolute atomic E-state index is 0.0949. The smallest absolute Gasteiger partial charge is 0.303 e. The molecule has 1 aromatic carbocycles. The number of carbonyl (C=O) groups excluding carboxylic acids is 1. The summed E-state index contributed by atoms with van der Waals surface area (Å²) in [5.74, 6) is -0.871. The number of nitrogens with zero attached hydrogens (tertiary/aromatic N) is 5. The SMILES string of the molecule is Cc1ccc2nc(N3CCN(c4ccc(F)cc4)CC3)c(C=C3SC(=S)N(CCCCCC(=O)O)C3=O)c(=O)n2c1. The highest BCUT2D eigenvalue weighted by molar-refractivity contribution is 8.26. The number of amides is 1. The number of anilines is 2. The quantitative estimate of drug-likeness (QED) is 0.220. The Morgan fingerprint density at radius 2 is 1.76 bits per heavy atom. The first-order valence-electron chi connectivity index (χ1n) is 13.5. The van der Waals surface area contributed by atoms with Gasteiger partial charge in [0.05, 0.1) is 10.5 Å². The Labute approximate surface area is 246 Å². The molecule has 2 aliphatic heterocycles. The summed E-state index contributed by atoms with van der Waals surface area (Å²) in [6.45, 7) is 4.78. The van der Waals surface area contributed by atoms with Gasteiger partial charge in [-0.15, -0.1) is 0 Å². The molecule has 1 N–H and O–H groups in total. The Morgan fingerprint density at radius 1 is 1.05 bits per heavy atom. The van der Waals surface area contributed by atoms with Gasteiger partial charge in [-0.1, -0.05) is 36.5 Å². The van der Waals surface area contributed by atoms with Gasteiger partial charge in [-0.3, -0.25) is 23.7 Å². The lowest BCUT2D eigenvalue weighted by Crippen LogP contribution is -2.47. The number of thioether (sulfide) groups is 1. The Kier molecular flexibility index (Phi) is 8.69. The Hall–Kier alpha value is -3.77. The van der Waals surface area contributed by atoms with Crippen molar-refractivity contribution in [1.82, 2.24) is 14.3 Å². The number of carbonyl (C=O) groups is 2. The van der Waals surface area contributed by atoms with Crippen molar-refractivity contribution in [2.24, 2.45) is 0 Å². The van der Waals surface area contributed by atoms with Crippen molar-refractivity contribution in [2.75, 3.05) is 42.5 Å². The molecule has 0 unspecified atom stereocenters. The van der Waals surface area contributed by atoms with Gasteiger partial charge in [0, 0.05) is 51.0 Å². The number of piperazine rings is 1. The molecule has 0 spiro atoms. The van der Waals surface area contributed by atoms with Crippen LogP contribution in [0.1, 0.15) is 36.8 Å². The molecule has 214 valence electrons. The van der Waals surface area contributed by atoms with E-state index in [1.54, 1.807) is 24.4 Å². The molecule has 0 bridgehead atoms. The van der Waals surface area contributed by atoms with E-state index in [0.717, 1.165) is 23.0 Å². The van der Waals surface area contributed by atoms with Crippen LogP contribution in [-0.4, -0.2) is 68.3 Å². The first-order chi connectivity index (χ1) is 19.7. The fourth-order valence-corrected chi connectivity index (χ4v) is 6.28. The van der Waals surface area contributed by atoms with Gasteiger partial charge in [-0.05, 0) is 61.7 Å². The number of aromatic nitrogens is 2.